The predicted octanol–water partition coefficient (Wildman–Crippen LogP) is 1.97. The van der Waals surface area contributed by atoms with Gasteiger partial charge in [-0.25, -0.2) is 0 Å². The average Bonchev–Trinajstić information content (AvgIpc) is 2.37. The molecule has 0 heterocycles. The Bertz CT molecular complexity index is 137. The molecule has 0 saturated heterocycles. The lowest BCUT2D eigenvalue weighted by atomic mass is 10.1. The molecule has 2 aliphatic carbocycles. The highest BCUT2D eigenvalue weighted by molar-refractivity contribution is 5.06. The van der Waals surface area contributed by atoms with E-state index in [1.54, 1.807) is 0 Å². The summed E-state index contributed by atoms with van der Waals surface area (Å²) in [7, 11) is 0. The summed E-state index contributed by atoms with van der Waals surface area (Å²) in [6.45, 7) is 0. The van der Waals surface area contributed by atoms with Crippen LogP contribution >= 0.6 is 0 Å². The van der Waals surface area contributed by atoms with Gasteiger partial charge in [0.1, 0.15) is 0 Å². The summed E-state index contributed by atoms with van der Waals surface area (Å²) in [5, 5.41) is 0. The van der Waals surface area contributed by atoms with Crippen LogP contribution in [0.4, 0.5) is 0 Å². The summed E-state index contributed by atoms with van der Waals surface area (Å²) in [6, 6.07) is 0. The molecule has 1 saturated carbocycles. The standard InChI is InChI=1S/C7H10/c1-2-7-4-3-6(1)5-7/h1-2,6-7H,3-5H2/t6-,7+/i3D,4D/t3-,4+,6+,7-. The maximum absolute atomic E-state index is 7.49. The van der Waals surface area contributed by atoms with Gasteiger partial charge in [0.25, 0.3) is 0 Å². The Hall–Kier alpha value is -0.260. The van der Waals surface area contributed by atoms with E-state index >= 15 is 0 Å². The van der Waals surface area contributed by atoms with Crippen LogP contribution < -0.4 is 0 Å². The fraction of sp³-hybridized carbons (Fsp3) is 0.714. The average molecular weight is 96.2 g/mol. The Kier molecular flexibility index (Phi) is 0.374. The number of hydrogen-bond donors (Lipinski definition) is 0. The highest BCUT2D eigenvalue weighted by Gasteiger charge is 2.25. The molecule has 0 aliphatic heterocycles. The van der Waals surface area contributed by atoms with Crippen molar-refractivity contribution in [2.24, 2.45) is 11.8 Å². The van der Waals surface area contributed by atoms with E-state index < -0.39 is 0 Å². The normalized spacial score (nSPS) is 70.9. The van der Waals surface area contributed by atoms with E-state index in [1.165, 1.54) is 0 Å². The van der Waals surface area contributed by atoms with Gasteiger partial charge in [-0.05, 0) is 31.1 Å². The van der Waals surface area contributed by atoms with Crippen molar-refractivity contribution in [3.8, 4) is 0 Å². The van der Waals surface area contributed by atoms with Crippen molar-refractivity contribution in [3.05, 3.63) is 12.2 Å². The molecular weight excluding hydrogens is 84.1 g/mol. The second-order valence-corrected chi connectivity index (χ2v) is 2.33. The monoisotopic (exact) mass is 96.1 g/mol. The van der Waals surface area contributed by atoms with Crippen molar-refractivity contribution in [1.82, 2.24) is 0 Å². The number of fused-ring (bicyclic) bond motifs is 2. The number of allylic oxidation sites excluding steroid dienone is 2. The molecule has 0 heteroatoms. The van der Waals surface area contributed by atoms with E-state index in [-0.39, 0.29) is 12.8 Å². The van der Waals surface area contributed by atoms with E-state index in [0.29, 0.717) is 11.8 Å². The fourth-order valence-electron chi connectivity index (χ4n) is 1.33. The van der Waals surface area contributed by atoms with Crippen LogP contribution in [0.3, 0.4) is 0 Å². The van der Waals surface area contributed by atoms with E-state index in [2.05, 4.69) is 12.2 Å². The van der Waals surface area contributed by atoms with Gasteiger partial charge < -0.3 is 0 Å². The third-order valence-electron chi connectivity index (χ3n) is 1.76. The molecule has 0 nitrogen and oxygen atoms in total. The van der Waals surface area contributed by atoms with E-state index in [0.717, 1.165) is 6.42 Å². The minimum atomic E-state index is -0.125. The van der Waals surface area contributed by atoms with Crippen LogP contribution in [0.15, 0.2) is 12.2 Å². The first-order valence-electron chi connectivity index (χ1n) is 3.97. The maximum Gasteiger partial charge on any atom is 0.0273 e. The molecule has 0 aromatic carbocycles. The zero-order valence-electron chi connectivity index (χ0n) is 6.17. The highest BCUT2D eigenvalue weighted by Crippen LogP contribution is 2.38. The Balaban J connectivity index is 2.26. The molecule has 0 aromatic heterocycles. The van der Waals surface area contributed by atoms with Gasteiger partial charge in [0.15, 0.2) is 0 Å². The van der Waals surface area contributed by atoms with Crippen LogP contribution in [0.25, 0.3) is 0 Å². The zero-order chi connectivity index (χ0) is 6.43. The minimum Gasteiger partial charge on any atom is -0.0851 e. The van der Waals surface area contributed by atoms with Gasteiger partial charge >= 0.3 is 0 Å². The molecular formula is C7H10. The molecule has 38 valence electrons. The molecule has 2 aliphatic rings. The minimum absolute atomic E-state index is 0.125. The number of rotatable bonds is 0. The van der Waals surface area contributed by atoms with Crippen LogP contribution in [0, 0.1) is 11.8 Å². The van der Waals surface area contributed by atoms with Crippen molar-refractivity contribution < 1.29 is 2.74 Å². The molecule has 0 N–H and O–H groups in total. The van der Waals surface area contributed by atoms with Crippen molar-refractivity contribution in [2.45, 2.75) is 19.2 Å². The first-order valence-corrected chi connectivity index (χ1v) is 2.82. The first kappa shape index (κ1) is 2.34. The van der Waals surface area contributed by atoms with Crippen LogP contribution in [0.1, 0.15) is 22.0 Å². The van der Waals surface area contributed by atoms with E-state index in [9.17, 15) is 0 Å². The Morgan fingerprint density at radius 1 is 1.29 bits per heavy atom. The zero-order valence-corrected chi connectivity index (χ0v) is 4.17. The van der Waals surface area contributed by atoms with Gasteiger partial charge in [-0.1, -0.05) is 12.2 Å². The molecule has 0 aromatic rings. The number of hydrogen-bond acceptors (Lipinski definition) is 0. The molecule has 0 amide bonds. The van der Waals surface area contributed by atoms with E-state index in [4.69, 9.17) is 2.74 Å². The fourth-order valence-corrected chi connectivity index (χ4v) is 1.33. The summed E-state index contributed by atoms with van der Waals surface area (Å²) in [5.74, 6) is 0.829. The van der Waals surface area contributed by atoms with Crippen molar-refractivity contribution in [1.29, 1.82) is 0 Å². The van der Waals surface area contributed by atoms with Crippen molar-refractivity contribution >= 4 is 0 Å². The van der Waals surface area contributed by atoms with Crippen LogP contribution in [0.5, 0.6) is 0 Å². The van der Waals surface area contributed by atoms with Crippen molar-refractivity contribution in [3.63, 3.8) is 0 Å². The summed E-state index contributed by atoms with van der Waals surface area (Å²) < 4.78 is 15.0. The van der Waals surface area contributed by atoms with Gasteiger partial charge in [0, 0.05) is 2.74 Å². The molecule has 4 atom stereocenters. The van der Waals surface area contributed by atoms with Crippen LogP contribution in [-0.4, -0.2) is 0 Å². The third kappa shape index (κ3) is 0.425. The van der Waals surface area contributed by atoms with Gasteiger partial charge in [0.05, 0.1) is 0 Å². The molecule has 2 bridgehead atoms. The maximum atomic E-state index is 7.49. The second kappa shape index (κ2) is 1.12. The van der Waals surface area contributed by atoms with Gasteiger partial charge in [-0.3, -0.25) is 0 Å². The van der Waals surface area contributed by atoms with Crippen molar-refractivity contribution in [2.75, 3.05) is 0 Å². The molecule has 7 heavy (non-hydrogen) atoms. The van der Waals surface area contributed by atoms with Gasteiger partial charge in [0.2, 0.25) is 0 Å². The largest absolute Gasteiger partial charge is 0.0851 e. The lowest BCUT2D eigenvalue weighted by Crippen LogP contribution is -1.82. The third-order valence-corrected chi connectivity index (χ3v) is 1.76. The van der Waals surface area contributed by atoms with Crippen LogP contribution in [-0.2, 0) is 0 Å². The molecule has 2 rings (SSSR count). The molecule has 0 radical (unpaired) electrons. The van der Waals surface area contributed by atoms with Crippen LogP contribution in [0.2, 0.25) is 0 Å². The second-order valence-electron chi connectivity index (χ2n) is 2.33. The summed E-state index contributed by atoms with van der Waals surface area (Å²) in [4.78, 5) is 0. The predicted molar refractivity (Wildman–Crippen MR) is 30.0 cm³/mol. The lowest BCUT2D eigenvalue weighted by molar-refractivity contribution is 0.691. The van der Waals surface area contributed by atoms with Gasteiger partial charge in [-0.15, -0.1) is 0 Å². The highest BCUT2D eigenvalue weighted by atomic mass is 14.3. The quantitative estimate of drug-likeness (QED) is 0.404. The Labute approximate surface area is 47.0 Å². The molecule has 1 fully saturated rings. The molecule has 0 spiro atoms. The smallest absolute Gasteiger partial charge is 0.0273 e. The first-order chi connectivity index (χ1) is 4.29. The topological polar surface area (TPSA) is 0 Å². The summed E-state index contributed by atoms with van der Waals surface area (Å²) in [6.07, 6.45) is 5.03. The Morgan fingerprint density at radius 3 is 2.14 bits per heavy atom. The Morgan fingerprint density at radius 2 is 1.86 bits per heavy atom. The SMILES string of the molecule is [2H][C@@H]1[C@H]([2H])[C@H]2C=C[C@@H]1C2. The summed E-state index contributed by atoms with van der Waals surface area (Å²) >= 11 is 0. The van der Waals surface area contributed by atoms with E-state index in [1.807, 2.05) is 0 Å². The molecule has 0 unspecified atom stereocenters. The lowest BCUT2D eigenvalue weighted by Gasteiger charge is -1.96. The van der Waals surface area contributed by atoms with Gasteiger partial charge in [-0.2, -0.15) is 0 Å². The summed E-state index contributed by atoms with van der Waals surface area (Å²) in [5.41, 5.74) is 0.